The van der Waals surface area contributed by atoms with E-state index in [-0.39, 0.29) is 11.3 Å². The fourth-order valence-corrected chi connectivity index (χ4v) is 4.45. The number of benzene rings is 2. The van der Waals surface area contributed by atoms with Crippen molar-refractivity contribution in [1.29, 1.82) is 0 Å². The van der Waals surface area contributed by atoms with Crippen molar-refractivity contribution >= 4 is 5.78 Å². The minimum atomic E-state index is -0.271. The van der Waals surface area contributed by atoms with Crippen LogP contribution in [0.5, 0.6) is 0 Å². The Morgan fingerprint density at radius 3 is 2.55 bits per heavy atom. The minimum Gasteiger partial charge on any atom is -0.294 e. The third-order valence-corrected chi connectivity index (χ3v) is 5.48. The molecule has 0 unspecified atom stereocenters. The molecule has 0 saturated heterocycles. The largest absolute Gasteiger partial charge is 0.294 e. The molecule has 0 radical (unpaired) electrons. The van der Waals surface area contributed by atoms with Crippen LogP contribution in [0, 0.1) is 5.41 Å². The Morgan fingerprint density at radius 1 is 1.00 bits per heavy atom. The predicted molar refractivity (Wildman–Crippen MR) is 89.1 cm³/mol. The molecule has 1 nitrogen and oxygen atoms in total. The van der Waals surface area contributed by atoms with Gasteiger partial charge >= 0.3 is 0 Å². The van der Waals surface area contributed by atoms with Crippen LogP contribution < -0.4 is 0 Å². The fourth-order valence-electron chi connectivity index (χ4n) is 4.45. The lowest BCUT2D eigenvalue weighted by Gasteiger charge is -2.38. The first-order valence-electron chi connectivity index (χ1n) is 8.05. The van der Waals surface area contributed by atoms with Crippen LogP contribution in [0.25, 0.3) is 0 Å². The Bertz CT molecular complexity index is 744. The van der Waals surface area contributed by atoms with Gasteiger partial charge in [0.1, 0.15) is 0 Å². The molecular formula is C21H20O. The standard InChI is InChI=1S/C21H20O/c1-15-13-19(17-8-3-2-4-9-17)21(14-15)12-11-16-7-5-6-10-18(16)20(21)22/h2-10,19H,1,11-14H2/t19-,21+/m0/s1. The molecule has 2 aliphatic rings. The number of carbonyl (C=O) groups is 1. The van der Waals surface area contributed by atoms with Crippen molar-refractivity contribution in [2.45, 2.75) is 31.6 Å². The van der Waals surface area contributed by atoms with Crippen LogP contribution >= 0.6 is 0 Å². The van der Waals surface area contributed by atoms with E-state index in [4.69, 9.17) is 0 Å². The third kappa shape index (κ3) is 1.89. The number of fused-ring (bicyclic) bond motifs is 1. The first-order chi connectivity index (χ1) is 10.7. The van der Waals surface area contributed by atoms with E-state index in [1.54, 1.807) is 0 Å². The molecule has 0 heterocycles. The Labute approximate surface area is 131 Å². The van der Waals surface area contributed by atoms with Crippen molar-refractivity contribution in [2.75, 3.05) is 0 Å². The predicted octanol–water partition coefficient (Wildman–Crippen LogP) is 4.94. The molecule has 0 aliphatic heterocycles. The number of allylic oxidation sites excluding steroid dienone is 1. The Morgan fingerprint density at radius 2 is 1.73 bits per heavy atom. The smallest absolute Gasteiger partial charge is 0.170 e. The van der Waals surface area contributed by atoms with Crippen LogP contribution in [0.4, 0.5) is 0 Å². The molecule has 22 heavy (non-hydrogen) atoms. The maximum atomic E-state index is 13.3. The Hall–Kier alpha value is -2.15. The number of rotatable bonds is 1. The summed E-state index contributed by atoms with van der Waals surface area (Å²) in [5.74, 6) is 0.615. The molecule has 0 aromatic heterocycles. The number of Topliss-reactive ketones (excluding diaryl/α,β-unsaturated/α-hetero) is 1. The van der Waals surface area contributed by atoms with Crippen LogP contribution in [-0.4, -0.2) is 5.78 Å². The molecule has 2 aromatic carbocycles. The normalized spacial score (nSPS) is 27.2. The molecular weight excluding hydrogens is 268 g/mol. The van der Waals surface area contributed by atoms with E-state index in [2.05, 4.69) is 36.9 Å². The number of ketones is 1. The molecule has 4 rings (SSSR count). The zero-order valence-corrected chi connectivity index (χ0v) is 12.7. The second-order valence-electron chi connectivity index (χ2n) is 6.74. The molecule has 2 aliphatic carbocycles. The van der Waals surface area contributed by atoms with Crippen molar-refractivity contribution in [1.82, 2.24) is 0 Å². The highest BCUT2D eigenvalue weighted by Gasteiger charge is 2.52. The summed E-state index contributed by atoms with van der Waals surface area (Å²) >= 11 is 0. The molecule has 1 heteroatoms. The van der Waals surface area contributed by atoms with Gasteiger partial charge in [0.25, 0.3) is 0 Å². The van der Waals surface area contributed by atoms with Gasteiger partial charge in [-0.05, 0) is 36.8 Å². The van der Waals surface area contributed by atoms with Gasteiger partial charge in [-0.25, -0.2) is 0 Å². The summed E-state index contributed by atoms with van der Waals surface area (Å²) in [5.41, 5.74) is 4.38. The van der Waals surface area contributed by atoms with E-state index in [9.17, 15) is 4.79 Å². The average Bonchev–Trinajstić information content (AvgIpc) is 2.90. The minimum absolute atomic E-state index is 0.271. The van der Waals surface area contributed by atoms with Crippen LogP contribution in [-0.2, 0) is 6.42 Å². The summed E-state index contributed by atoms with van der Waals surface area (Å²) in [5, 5.41) is 0. The highest BCUT2D eigenvalue weighted by Crippen LogP contribution is 2.57. The molecule has 1 spiro atoms. The van der Waals surface area contributed by atoms with E-state index in [0.717, 1.165) is 31.2 Å². The van der Waals surface area contributed by atoms with Crippen molar-refractivity contribution in [2.24, 2.45) is 5.41 Å². The van der Waals surface area contributed by atoms with Gasteiger partial charge < -0.3 is 0 Å². The van der Waals surface area contributed by atoms with Gasteiger partial charge in [-0.15, -0.1) is 0 Å². The maximum absolute atomic E-state index is 13.3. The third-order valence-electron chi connectivity index (χ3n) is 5.48. The second kappa shape index (κ2) is 4.95. The van der Waals surface area contributed by atoms with Gasteiger partial charge in [0.05, 0.1) is 0 Å². The highest BCUT2D eigenvalue weighted by molar-refractivity contribution is 6.04. The van der Waals surface area contributed by atoms with Crippen molar-refractivity contribution < 1.29 is 4.79 Å². The molecule has 1 saturated carbocycles. The Balaban J connectivity index is 1.83. The van der Waals surface area contributed by atoms with E-state index >= 15 is 0 Å². The summed E-state index contributed by atoms with van der Waals surface area (Å²) < 4.78 is 0. The molecule has 2 atom stereocenters. The lowest BCUT2D eigenvalue weighted by Crippen LogP contribution is -2.38. The van der Waals surface area contributed by atoms with Gasteiger partial charge in [0.15, 0.2) is 5.78 Å². The fraction of sp³-hybridized carbons (Fsp3) is 0.286. The molecule has 2 aromatic rings. The summed E-state index contributed by atoms with van der Waals surface area (Å²) in [6.07, 6.45) is 3.73. The molecule has 0 bridgehead atoms. The molecule has 110 valence electrons. The first-order valence-corrected chi connectivity index (χ1v) is 8.05. The van der Waals surface area contributed by atoms with Crippen LogP contribution in [0.3, 0.4) is 0 Å². The van der Waals surface area contributed by atoms with Gasteiger partial charge in [0.2, 0.25) is 0 Å². The zero-order chi connectivity index (χ0) is 15.2. The molecule has 1 fully saturated rings. The lowest BCUT2D eigenvalue weighted by molar-refractivity contribution is 0.0738. The highest BCUT2D eigenvalue weighted by atomic mass is 16.1. The topological polar surface area (TPSA) is 17.1 Å². The summed E-state index contributed by atoms with van der Waals surface area (Å²) in [6, 6.07) is 18.6. The first kappa shape index (κ1) is 13.5. The SMILES string of the molecule is C=C1C[C@@H](c2ccccc2)[C@@]2(CCc3ccccc3C2=O)C1. The van der Waals surface area contributed by atoms with Crippen LogP contribution in [0.2, 0.25) is 0 Å². The summed E-state index contributed by atoms with van der Waals surface area (Å²) in [6.45, 7) is 4.22. The van der Waals surface area contributed by atoms with E-state index in [0.29, 0.717) is 5.78 Å². The van der Waals surface area contributed by atoms with Gasteiger partial charge in [-0.3, -0.25) is 4.79 Å². The van der Waals surface area contributed by atoms with E-state index in [1.165, 1.54) is 16.7 Å². The zero-order valence-electron chi connectivity index (χ0n) is 12.7. The second-order valence-corrected chi connectivity index (χ2v) is 6.74. The van der Waals surface area contributed by atoms with Gasteiger partial charge in [-0.1, -0.05) is 66.7 Å². The molecule has 0 N–H and O–H groups in total. The van der Waals surface area contributed by atoms with Gasteiger partial charge in [-0.2, -0.15) is 0 Å². The van der Waals surface area contributed by atoms with Crippen molar-refractivity contribution in [3.8, 4) is 0 Å². The Kier molecular flexibility index (Phi) is 3.04. The van der Waals surface area contributed by atoms with E-state index < -0.39 is 0 Å². The number of hydrogen-bond donors (Lipinski definition) is 0. The monoisotopic (exact) mass is 288 g/mol. The maximum Gasteiger partial charge on any atom is 0.170 e. The van der Waals surface area contributed by atoms with Crippen LogP contribution in [0.1, 0.15) is 46.7 Å². The lowest BCUT2D eigenvalue weighted by atomic mass is 9.63. The summed E-state index contributed by atoms with van der Waals surface area (Å²) in [7, 11) is 0. The number of hydrogen-bond acceptors (Lipinski definition) is 1. The molecule has 0 amide bonds. The number of aryl methyl sites for hydroxylation is 1. The van der Waals surface area contributed by atoms with E-state index in [1.807, 2.05) is 24.3 Å². The van der Waals surface area contributed by atoms with Crippen molar-refractivity contribution in [3.63, 3.8) is 0 Å². The summed E-state index contributed by atoms with van der Waals surface area (Å²) in [4.78, 5) is 13.3. The van der Waals surface area contributed by atoms with Gasteiger partial charge in [0, 0.05) is 16.9 Å². The van der Waals surface area contributed by atoms with Crippen molar-refractivity contribution in [3.05, 3.63) is 83.4 Å². The average molecular weight is 288 g/mol. The number of carbonyl (C=O) groups excluding carboxylic acids is 1. The van der Waals surface area contributed by atoms with Crippen LogP contribution in [0.15, 0.2) is 66.7 Å². The quantitative estimate of drug-likeness (QED) is 0.680.